The van der Waals surface area contributed by atoms with Gasteiger partial charge in [0.25, 0.3) is 10.1 Å². The van der Waals surface area contributed by atoms with E-state index in [0.29, 0.717) is 84.4 Å². The molecule has 530 valence electrons. The monoisotopic (exact) mass is 1390 g/mol. The van der Waals surface area contributed by atoms with Gasteiger partial charge in [0.1, 0.15) is 28.9 Å². The minimum absolute atomic E-state index is 0.00936. The fourth-order valence-corrected chi connectivity index (χ4v) is 12.5. The van der Waals surface area contributed by atoms with Gasteiger partial charge in [0.2, 0.25) is 0 Å². The van der Waals surface area contributed by atoms with Crippen LogP contribution in [0.5, 0.6) is 23.0 Å². The molecule has 0 amide bonds. The molecule has 0 saturated carbocycles. The summed E-state index contributed by atoms with van der Waals surface area (Å²) in [6.45, 7) is 31.7. The van der Waals surface area contributed by atoms with Crippen molar-refractivity contribution in [1.82, 2.24) is 9.97 Å². The summed E-state index contributed by atoms with van der Waals surface area (Å²) in [5.74, 6) is -0.451. The zero-order valence-corrected chi connectivity index (χ0v) is 61.1. The molecule has 0 N–H and O–H groups in total. The number of nitrogens with zero attached hydrogens (tertiary/aromatic N) is 2. The first-order valence-electron chi connectivity index (χ1n) is 33.1. The molecule has 0 radical (unpaired) electrons. The third kappa shape index (κ3) is 20.4. The maximum Gasteiger partial charge on any atom is 0.420 e. The van der Waals surface area contributed by atoms with Crippen LogP contribution >= 0.6 is 0 Å². The predicted octanol–water partition coefficient (Wildman–Crippen LogP) is 18.7. The van der Waals surface area contributed by atoms with Crippen LogP contribution in [-0.2, 0) is 45.8 Å². The predicted molar refractivity (Wildman–Crippen MR) is 385 cm³/mol. The van der Waals surface area contributed by atoms with Gasteiger partial charge < -0.3 is 28.4 Å². The third-order valence-electron chi connectivity index (χ3n) is 16.1. The van der Waals surface area contributed by atoms with Crippen LogP contribution in [0.1, 0.15) is 199 Å². The number of carbonyl (C=O) groups is 4. The average Bonchev–Trinajstić information content (AvgIpc) is 0.765. The zero-order valence-electron chi connectivity index (χ0n) is 60.3. The molecule has 9 aromatic rings. The standard InChI is InChI=1S/C28H28O5.C27H25NO5.C13H17F3O3S.C13H21N/c1-16(2)32-22-11-10-20-14-19-8-6-7-9-23(19)25(24(20)15-22)28(30)33-26-17(3)12-21(13-18(26)4)27(29)31-5;1-15(2)32-19-10-11-23-21(14-19)24(20-8-6-7-9-22(20)28-23)27(30)33-25-16(3)12-18(13-17(25)4)26(29)31-5;1-3-4-9-20(17,18)19-12(13(14,15)16)11-7-5-10(2)6-8-11;1-12(2,3)10-8-7-9-11(14-10)13(4,5)6/h6-13,15-16,25H,14H2,1-5H3;6-15H,1-5H3;5-8,12H,3-4,9H2,1-2H3;7-9H,1-6H3. The number of aryl methyl sites for hydroxylation is 5. The van der Waals surface area contributed by atoms with E-state index in [9.17, 15) is 40.8 Å². The van der Waals surface area contributed by atoms with E-state index in [-0.39, 0.29) is 41.0 Å². The molecule has 1 aliphatic carbocycles. The van der Waals surface area contributed by atoms with Gasteiger partial charge in [0.15, 0.2) is 6.10 Å². The van der Waals surface area contributed by atoms with Crippen molar-refractivity contribution in [3.63, 3.8) is 0 Å². The average molecular weight is 1390 g/mol. The summed E-state index contributed by atoms with van der Waals surface area (Å²) in [5, 5.41) is 1.34. The normalized spacial score (nSPS) is 13.1. The first-order chi connectivity index (χ1) is 46.9. The highest BCUT2D eigenvalue weighted by molar-refractivity contribution is 7.86. The van der Waals surface area contributed by atoms with E-state index >= 15 is 0 Å². The number of hydrogen-bond donors (Lipinski definition) is 0. The van der Waals surface area contributed by atoms with Gasteiger partial charge in [-0.25, -0.2) is 19.4 Å². The Morgan fingerprint density at radius 3 is 1.55 bits per heavy atom. The lowest BCUT2D eigenvalue weighted by Gasteiger charge is -2.28. The van der Waals surface area contributed by atoms with E-state index in [1.807, 2.05) is 120 Å². The highest BCUT2D eigenvalue weighted by Crippen LogP contribution is 2.42. The van der Waals surface area contributed by atoms with E-state index in [1.54, 1.807) is 52.0 Å². The number of hydrogen-bond acceptors (Lipinski definition) is 15. The second-order valence-electron chi connectivity index (χ2n) is 27.3. The molecule has 0 fully saturated rings. The van der Waals surface area contributed by atoms with Gasteiger partial charge in [0.05, 0.1) is 59.9 Å². The largest absolute Gasteiger partial charge is 0.491 e. The van der Waals surface area contributed by atoms with Gasteiger partial charge in [0, 0.05) is 33.0 Å². The Hall–Kier alpha value is -9.46. The van der Waals surface area contributed by atoms with Crippen molar-refractivity contribution in [2.45, 2.75) is 171 Å². The number of rotatable bonds is 16. The molecule has 1 aliphatic rings. The Kier molecular flexibility index (Phi) is 25.8. The summed E-state index contributed by atoms with van der Waals surface area (Å²) >= 11 is 0. The van der Waals surface area contributed by atoms with Crippen LogP contribution in [0.3, 0.4) is 0 Å². The molecule has 10 rings (SSSR count). The number of methoxy groups -OCH3 is 2. The molecule has 100 heavy (non-hydrogen) atoms. The number of unbranched alkanes of at least 4 members (excludes halogenated alkanes) is 1. The molecule has 0 spiro atoms. The molecule has 0 bridgehead atoms. The minimum Gasteiger partial charge on any atom is -0.491 e. The van der Waals surface area contributed by atoms with Gasteiger partial charge in [-0.1, -0.05) is 139 Å². The number of ether oxygens (including phenoxy) is 6. The van der Waals surface area contributed by atoms with E-state index in [2.05, 4.69) is 70.0 Å². The van der Waals surface area contributed by atoms with Crippen molar-refractivity contribution in [2.24, 2.45) is 0 Å². The van der Waals surface area contributed by atoms with Crippen molar-refractivity contribution in [2.75, 3.05) is 20.0 Å². The van der Waals surface area contributed by atoms with Crippen molar-refractivity contribution >= 4 is 55.8 Å². The van der Waals surface area contributed by atoms with Crippen LogP contribution in [0.25, 0.3) is 21.8 Å². The number of fused-ring (bicyclic) bond motifs is 4. The number of esters is 4. The number of aromatic nitrogens is 2. The second kappa shape index (κ2) is 33.1. The zero-order chi connectivity index (χ0) is 73.8. The molecule has 2 unspecified atom stereocenters. The Morgan fingerprint density at radius 1 is 0.540 bits per heavy atom. The van der Waals surface area contributed by atoms with Gasteiger partial charge >= 0.3 is 30.1 Å². The molecule has 2 heterocycles. The van der Waals surface area contributed by atoms with Gasteiger partial charge in [-0.3, -0.25) is 14.0 Å². The van der Waals surface area contributed by atoms with Crippen molar-refractivity contribution in [1.29, 1.82) is 0 Å². The smallest absolute Gasteiger partial charge is 0.420 e. The molecular weight excluding hydrogens is 1300 g/mol. The van der Waals surface area contributed by atoms with Crippen LogP contribution in [0, 0.1) is 34.6 Å². The van der Waals surface area contributed by atoms with Crippen LogP contribution in [0.4, 0.5) is 13.2 Å². The summed E-state index contributed by atoms with van der Waals surface area (Å²) in [4.78, 5) is 60.5. The maximum absolute atomic E-state index is 13.7. The third-order valence-corrected chi connectivity index (χ3v) is 17.4. The van der Waals surface area contributed by atoms with E-state index in [0.717, 1.165) is 40.0 Å². The van der Waals surface area contributed by atoms with E-state index in [4.69, 9.17) is 38.4 Å². The number of alkyl halides is 3. The summed E-state index contributed by atoms with van der Waals surface area (Å²) in [6.07, 6.45) is -5.64. The molecule has 15 nitrogen and oxygen atoms in total. The summed E-state index contributed by atoms with van der Waals surface area (Å²) in [5.41, 5.74) is 12.6. The molecule has 2 aromatic heterocycles. The lowest BCUT2D eigenvalue weighted by Crippen LogP contribution is -2.27. The second-order valence-corrected chi connectivity index (χ2v) is 29.0. The molecule has 0 aliphatic heterocycles. The Labute approximate surface area is 585 Å². The van der Waals surface area contributed by atoms with Gasteiger partial charge in [-0.15, -0.1) is 0 Å². The Morgan fingerprint density at radius 2 is 1.03 bits per heavy atom. The summed E-state index contributed by atoms with van der Waals surface area (Å²) < 4.78 is 99.7. The van der Waals surface area contributed by atoms with E-state index in [1.165, 1.54) is 49.9 Å². The number of carbonyl (C=O) groups excluding carboxylic acids is 4. The number of pyridine rings is 2. The quantitative estimate of drug-likeness (QED) is 0.0383. The van der Waals surface area contributed by atoms with E-state index < -0.39 is 52.0 Å². The van der Waals surface area contributed by atoms with Crippen molar-refractivity contribution < 1.29 is 73.4 Å². The lowest BCUT2D eigenvalue weighted by atomic mass is 9.78. The number of benzene rings is 7. The highest BCUT2D eigenvalue weighted by atomic mass is 32.2. The summed E-state index contributed by atoms with van der Waals surface area (Å²) in [6, 6.07) is 45.3. The van der Waals surface area contributed by atoms with Crippen LogP contribution in [0.2, 0.25) is 0 Å². The van der Waals surface area contributed by atoms with Crippen LogP contribution in [-0.4, -0.2) is 80.6 Å². The molecule has 0 saturated heterocycles. The minimum atomic E-state index is -4.78. The fraction of sp³-hybridized carbons (Fsp3) is 0.358. The molecular formula is C81H91F3N2O13S. The number of para-hydroxylation sites is 1. The Balaban J connectivity index is 0.000000197. The molecule has 2 atom stereocenters. The molecule has 7 aromatic carbocycles. The summed E-state index contributed by atoms with van der Waals surface area (Å²) in [7, 11) is -1.53. The van der Waals surface area contributed by atoms with Gasteiger partial charge in [-0.2, -0.15) is 21.6 Å². The van der Waals surface area contributed by atoms with Crippen LogP contribution < -0.4 is 18.9 Å². The number of halogens is 3. The topological polar surface area (TPSA) is 193 Å². The molecule has 19 heteroatoms. The first kappa shape index (κ1) is 77.9. The SMILES string of the molecule is CC(C)(C)c1cccc(C(C)(C)C)n1.CCCCS(=O)(=O)OC(c1ccc(C)cc1)C(F)(F)F.COC(=O)c1cc(C)c(OC(=O)C2c3ccccc3Cc3ccc(OC(C)C)cc32)c(C)c1.COC(=O)c1cc(C)c(OC(=O)c2c3ccccc3nc3ccc(OC(C)C)cc23)c(C)c1. The van der Waals surface area contributed by atoms with Crippen molar-refractivity contribution in [3.8, 4) is 23.0 Å². The lowest BCUT2D eigenvalue weighted by molar-refractivity contribution is -0.196. The Bertz CT molecular complexity index is 4460. The highest BCUT2D eigenvalue weighted by Gasteiger charge is 2.45. The van der Waals surface area contributed by atoms with Crippen molar-refractivity contribution in [3.05, 3.63) is 235 Å². The van der Waals surface area contributed by atoms with Crippen LogP contribution in [0.15, 0.2) is 152 Å². The first-order valence-corrected chi connectivity index (χ1v) is 34.7. The fourth-order valence-electron chi connectivity index (χ4n) is 11.2. The van der Waals surface area contributed by atoms with Gasteiger partial charge in [-0.05, 0) is 198 Å². The maximum atomic E-state index is 13.7.